The van der Waals surface area contributed by atoms with E-state index in [2.05, 4.69) is 10.3 Å². The molecular formula is C20H24N4O3S. The van der Waals surface area contributed by atoms with Crippen LogP contribution in [-0.2, 0) is 21.4 Å². The number of benzene rings is 2. The summed E-state index contributed by atoms with van der Waals surface area (Å²) in [5, 5.41) is 2.81. The minimum atomic E-state index is -3.58. The van der Waals surface area contributed by atoms with Gasteiger partial charge in [0.1, 0.15) is 12.4 Å². The average molecular weight is 401 g/mol. The number of hydrogen-bond donors (Lipinski definition) is 1. The zero-order valence-electron chi connectivity index (χ0n) is 16.2. The third kappa shape index (κ3) is 4.33. The first kappa shape index (κ1) is 19.9. The number of aryl methyl sites for hydroxylation is 2. The Bertz CT molecular complexity index is 1110. The van der Waals surface area contributed by atoms with Crippen molar-refractivity contribution in [2.45, 2.75) is 20.4 Å². The number of nitrogens with one attached hydrogen (secondary N) is 1. The second kappa shape index (κ2) is 8.02. The second-order valence-corrected chi connectivity index (χ2v) is 8.61. The van der Waals surface area contributed by atoms with Crippen molar-refractivity contribution < 1.29 is 13.2 Å². The van der Waals surface area contributed by atoms with Crippen molar-refractivity contribution in [2.75, 3.05) is 23.7 Å². The molecule has 1 amide bonds. The van der Waals surface area contributed by atoms with Crippen LogP contribution >= 0.6 is 0 Å². The smallest absolute Gasteiger partial charge is 0.240 e. The molecule has 0 aliphatic carbocycles. The highest BCUT2D eigenvalue weighted by Crippen LogP contribution is 2.21. The van der Waals surface area contributed by atoms with E-state index in [1.165, 1.54) is 0 Å². The molecule has 3 aromatic rings. The van der Waals surface area contributed by atoms with Gasteiger partial charge in [0.25, 0.3) is 0 Å². The first-order valence-electron chi connectivity index (χ1n) is 8.99. The van der Waals surface area contributed by atoms with Gasteiger partial charge in [0.15, 0.2) is 0 Å². The van der Waals surface area contributed by atoms with Crippen LogP contribution in [-0.4, -0.2) is 43.2 Å². The minimum Gasteiger partial charge on any atom is -0.353 e. The largest absolute Gasteiger partial charge is 0.353 e. The Kier molecular flexibility index (Phi) is 5.69. The second-order valence-electron chi connectivity index (χ2n) is 6.71. The van der Waals surface area contributed by atoms with E-state index in [9.17, 15) is 13.2 Å². The van der Waals surface area contributed by atoms with Crippen molar-refractivity contribution in [1.29, 1.82) is 0 Å². The van der Waals surface area contributed by atoms with Crippen LogP contribution < -0.4 is 9.62 Å². The number of carbonyl (C=O) groups is 1. The van der Waals surface area contributed by atoms with Crippen LogP contribution in [0.15, 0.2) is 48.5 Å². The predicted molar refractivity (Wildman–Crippen MR) is 111 cm³/mol. The molecule has 8 heteroatoms. The van der Waals surface area contributed by atoms with E-state index in [0.717, 1.165) is 33.0 Å². The highest BCUT2D eigenvalue weighted by Gasteiger charge is 2.22. The van der Waals surface area contributed by atoms with Gasteiger partial charge in [0, 0.05) is 13.1 Å². The van der Waals surface area contributed by atoms with Gasteiger partial charge in [0.05, 0.1) is 23.0 Å². The van der Waals surface area contributed by atoms with Crippen LogP contribution in [0.25, 0.3) is 11.0 Å². The molecule has 0 aliphatic rings. The quantitative estimate of drug-likeness (QED) is 0.659. The fourth-order valence-corrected chi connectivity index (χ4v) is 4.11. The van der Waals surface area contributed by atoms with Gasteiger partial charge in [-0.3, -0.25) is 9.10 Å². The van der Waals surface area contributed by atoms with E-state index < -0.39 is 10.0 Å². The van der Waals surface area contributed by atoms with Crippen LogP contribution in [0.4, 0.5) is 5.69 Å². The molecule has 1 N–H and O–H groups in total. The van der Waals surface area contributed by atoms with Crippen LogP contribution in [0.3, 0.4) is 0 Å². The Morgan fingerprint density at radius 3 is 2.50 bits per heavy atom. The summed E-state index contributed by atoms with van der Waals surface area (Å²) in [5.41, 5.74) is 3.22. The Hall–Kier alpha value is -2.87. The van der Waals surface area contributed by atoms with Gasteiger partial charge in [-0.25, -0.2) is 13.4 Å². The van der Waals surface area contributed by atoms with Crippen molar-refractivity contribution in [3.63, 3.8) is 0 Å². The van der Waals surface area contributed by atoms with E-state index >= 15 is 0 Å². The molecule has 0 saturated heterocycles. The molecule has 148 valence electrons. The molecule has 0 fully saturated rings. The average Bonchev–Trinajstić information content (AvgIpc) is 2.95. The predicted octanol–water partition coefficient (Wildman–Crippen LogP) is 2.24. The number of hydrogen-bond acceptors (Lipinski definition) is 4. The lowest BCUT2D eigenvalue weighted by molar-refractivity contribution is -0.119. The number of anilines is 1. The van der Waals surface area contributed by atoms with Crippen LogP contribution in [0.2, 0.25) is 0 Å². The summed E-state index contributed by atoms with van der Waals surface area (Å²) < 4.78 is 27.6. The lowest BCUT2D eigenvalue weighted by Gasteiger charge is -2.23. The number of imidazole rings is 1. The van der Waals surface area contributed by atoms with Crippen LogP contribution in [0.1, 0.15) is 11.4 Å². The third-order valence-electron chi connectivity index (χ3n) is 4.57. The normalized spacial score (nSPS) is 11.5. The lowest BCUT2D eigenvalue weighted by atomic mass is 10.2. The summed E-state index contributed by atoms with van der Waals surface area (Å²) in [6.07, 6.45) is 1.10. The fourth-order valence-electron chi connectivity index (χ4n) is 3.20. The Morgan fingerprint density at radius 2 is 1.79 bits per heavy atom. The molecule has 0 saturated carbocycles. The van der Waals surface area contributed by atoms with Gasteiger partial charge in [-0.05, 0) is 37.6 Å². The molecule has 28 heavy (non-hydrogen) atoms. The molecule has 2 aromatic carbocycles. The fraction of sp³-hybridized carbons (Fsp3) is 0.300. The minimum absolute atomic E-state index is 0.257. The number of amides is 1. The van der Waals surface area contributed by atoms with E-state index in [4.69, 9.17) is 0 Å². The maximum absolute atomic E-state index is 12.4. The number of sulfonamides is 1. The van der Waals surface area contributed by atoms with Crippen LogP contribution in [0, 0.1) is 13.8 Å². The summed E-state index contributed by atoms with van der Waals surface area (Å²) in [4.78, 5) is 16.9. The van der Waals surface area contributed by atoms with E-state index in [0.29, 0.717) is 18.8 Å². The summed E-state index contributed by atoms with van der Waals surface area (Å²) in [7, 11) is -3.58. The third-order valence-corrected chi connectivity index (χ3v) is 5.70. The standard InChI is InChI=1S/C20H24N4O3S/c1-15-8-4-6-10-18(15)24(28(3,26)27)14-20(25)21-12-13-23-16(2)22-17-9-5-7-11-19(17)23/h4-11H,12-14H2,1-3H3,(H,21,25). The Labute approximate surface area is 165 Å². The van der Waals surface area contributed by atoms with Crippen molar-refractivity contribution in [3.05, 3.63) is 59.9 Å². The molecule has 1 aromatic heterocycles. The van der Waals surface area contributed by atoms with Crippen LogP contribution in [0.5, 0.6) is 0 Å². The highest BCUT2D eigenvalue weighted by molar-refractivity contribution is 7.92. The van der Waals surface area contributed by atoms with Gasteiger partial charge >= 0.3 is 0 Å². The Morgan fingerprint density at radius 1 is 1.11 bits per heavy atom. The first-order valence-corrected chi connectivity index (χ1v) is 10.8. The topological polar surface area (TPSA) is 84.3 Å². The maximum Gasteiger partial charge on any atom is 0.240 e. The van der Waals surface area contributed by atoms with E-state index in [-0.39, 0.29) is 12.5 Å². The zero-order chi connectivity index (χ0) is 20.3. The van der Waals surface area contributed by atoms with E-state index in [1.54, 1.807) is 12.1 Å². The van der Waals surface area contributed by atoms with Gasteiger partial charge in [-0.1, -0.05) is 30.3 Å². The molecule has 0 bridgehead atoms. The van der Waals surface area contributed by atoms with Gasteiger partial charge in [-0.2, -0.15) is 0 Å². The number of nitrogens with zero attached hydrogens (tertiary/aromatic N) is 3. The number of fused-ring (bicyclic) bond motifs is 1. The number of carbonyl (C=O) groups excluding carboxylic acids is 1. The van der Waals surface area contributed by atoms with Crippen molar-refractivity contribution in [2.24, 2.45) is 0 Å². The molecule has 0 spiro atoms. The number of rotatable bonds is 7. The molecule has 0 radical (unpaired) electrons. The highest BCUT2D eigenvalue weighted by atomic mass is 32.2. The lowest BCUT2D eigenvalue weighted by Crippen LogP contribution is -2.41. The molecule has 0 aliphatic heterocycles. The zero-order valence-corrected chi connectivity index (χ0v) is 17.0. The van der Waals surface area contributed by atoms with Gasteiger partial charge in [0.2, 0.25) is 15.9 Å². The maximum atomic E-state index is 12.4. The number of para-hydroxylation sites is 3. The summed E-state index contributed by atoms with van der Waals surface area (Å²) in [5.74, 6) is 0.517. The molecule has 7 nitrogen and oxygen atoms in total. The van der Waals surface area contributed by atoms with Crippen molar-refractivity contribution in [3.8, 4) is 0 Å². The van der Waals surface area contributed by atoms with Crippen molar-refractivity contribution in [1.82, 2.24) is 14.9 Å². The van der Waals surface area contributed by atoms with Crippen molar-refractivity contribution >= 4 is 32.7 Å². The van der Waals surface area contributed by atoms with Gasteiger partial charge in [-0.15, -0.1) is 0 Å². The number of aromatic nitrogens is 2. The summed E-state index contributed by atoms with van der Waals surface area (Å²) >= 11 is 0. The molecular weight excluding hydrogens is 376 g/mol. The molecule has 0 atom stereocenters. The first-order chi connectivity index (χ1) is 13.3. The Balaban J connectivity index is 1.67. The van der Waals surface area contributed by atoms with Gasteiger partial charge < -0.3 is 9.88 Å². The molecule has 1 heterocycles. The summed E-state index contributed by atoms with van der Waals surface area (Å²) in [6, 6.07) is 14.9. The van der Waals surface area contributed by atoms with E-state index in [1.807, 2.05) is 54.8 Å². The monoisotopic (exact) mass is 400 g/mol. The molecule has 3 rings (SSSR count). The summed E-state index contributed by atoms with van der Waals surface area (Å²) in [6.45, 7) is 4.42. The molecule has 0 unspecified atom stereocenters. The SMILES string of the molecule is Cc1ccccc1N(CC(=O)NCCn1c(C)nc2ccccc21)S(C)(=O)=O.